The molecule has 1 aliphatic heterocycles. The normalized spacial score (nSPS) is 17.7. The minimum Gasteiger partial charge on any atom is -0.389 e. The quantitative estimate of drug-likeness (QED) is 0.778. The van der Waals surface area contributed by atoms with Crippen LogP contribution in [0.5, 0.6) is 0 Å². The van der Waals surface area contributed by atoms with Crippen molar-refractivity contribution in [3.63, 3.8) is 0 Å². The molecule has 136 valence electrons. The molecular weight excluding hydrogens is 316 g/mol. The van der Waals surface area contributed by atoms with Crippen LogP contribution in [0.4, 0.5) is 0 Å². The number of rotatable bonds is 8. The largest absolute Gasteiger partial charge is 0.389 e. The van der Waals surface area contributed by atoms with Gasteiger partial charge in [-0.3, -0.25) is 9.80 Å². The van der Waals surface area contributed by atoms with E-state index in [1.54, 1.807) is 0 Å². The molecule has 1 aromatic heterocycles. The Balaban J connectivity index is 1.32. The third kappa shape index (κ3) is 5.64. The highest BCUT2D eigenvalue weighted by Gasteiger charge is 2.20. The van der Waals surface area contributed by atoms with Gasteiger partial charge in [0.1, 0.15) is 5.82 Å². The van der Waals surface area contributed by atoms with E-state index in [9.17, 15) is 5.11 Å². The summed E-state index contributed by atoms with van der Waals surface area (Å²) in [6, 6.07) is 10.1. The van der Waals surface area contributed by atoms with Gasteiger partial charge in [-0.2, -0.15) is 0 Å². The number of nitrogens with zero attached hydrogens (tertiary/aromatic N) is 4. The lowest BCUT2D eigenvalue weighted by Gasteiger charge is -2.35. The minimum absolute atomic E-state index is 0.377. The molecule has 1 N–H and O–H groups in total. The summed E-state index contributed by atoms with van der Waals surface area (Å²) >= 11 is 0. The lowest BCUT2D eigenvalue weighted by Crippen LogP contribution is -2.48. The molecule has 0 saturated carbocycles. The second-order valence-corrected chi connectivity index (χ2v) is 6.69. The number of aliphatic hydroxyl groups excluding tert-OH is 1. The molecule has 0 bridgehead atoms. The highest BCUT2D eigenvalue weighted by molar-refractivity contribution is 5.13. The van der Waals surface area contributed by atoms with Crippen molar-refractivity contribution >= 4 is 0 Å². The van der Waals surface area contributed by atoms with Crippen molar-refractivity contribution in [2.75, 3.05) is 39.3 Å². The summed E-state index contributed by atoms with van der Waals surface area (Å²) in [4.78, 5) is 9.11. The third-order valence-corrected chi connectivity index (χ3v) is 4.64. The Labute approximate surface area is 149 Å². The molecular formula is C19H28N4O2. The Morgan fingerprint density at radius 2 is 1.84 bits per heavy atom. The van der Waals surface area contributed by atoms with Gasteiger partial charge >= 0.3 is 0 Å². The van der Waals surface area contributed by atoms with Gasteiger partial charge < -0.3 is 14.4 Å². The molecule has 1 aliphatic rings. The number of aryl methyl sites for hydroxylation is 1. The zero-order chi connectivity index (χ0) is 17.5. The smallest absolute Gasteiger partial charge is 0.122 e. The number of hydrogen-bond donors (Lipinski definition) is 1. The molecule has 0 aliphatic carbocycles. The van der Waals surface area contributed by atoms with Gasteiger partial charge in [-0.1, -0.05) is 30.3 Å². The second-order valence-electron chi connectivity index (χ2n) is 6.69. The van der Waals surface area contributed by atoms with Crippen LogP contribution in [-0.2, 0) is 24.9 Å². The number of benzene rings is 1. The monoisotopic (exact) mass is 344 g/mol. The Bertz CT molecular complexity index is 623. The van der Waals surface area contributed by atoms with Crippen LogP contribution in [0.1, 0.15) is 11.4 Å². The Morgan fingerprint density at radius 1 is 1.12 bits per heavy atom. The summed E-state index contributed by atoms with van der Waals surface area (Å²) in [5, 5.41) is 10.2. The van der Waals surface area contributed by atoms with Crippen LogP contribution >= 0.6 is 0 Å². The van der Waals surface area contributed by atoms with E-state index in [0.29, 0.717) is 19.8 Å². The fraction of sp³-hybridized carbons (Fsp3) is 0.526. The average Bonchev–Trinajstić information content (AvgIpc) is 3.02. The van der Waals surface area contributed by atoms with Gasteiger partial charge in [-0.05, 0) is 5.56 Å². The fourth-order valence-electron chi connectivity index (χ4n) is 3.12. The first-order chi connectivity index (χ1) is 12.2. The van der Waals surface area contributed by atoms with Crippen molar-refractivity contribution in [2.45, 2.75) is 19.3 Å². The Hall–Kier alpha value is -1.73. The van der Waals surface area contributed by atoms with E-state index < -0.39 is 6.10 Å². The van der Waals surface area contributed by atoms with Gasteiger partial charge in [0.15, 0.2) is 0 Å². The van der Waals surface area contributed by atoms with Crippen LogP contribution in [0.2, 0.25) is 0 Å². The van der Waals surface area contributed by atoms with Gasteiger partial charge in [0.25, 0.3) is 0 Å². The maximum atomic E-state index is 10.2. The SMILES string of the molecule is Cn1ccnc1CN1CCN(CC(O)COCc2ccccc2)CC1. The lowest BCUT2D eigenvalue weighted by molar-refractivity contribution is 0.000673. The molecule has 25 heavy (non-hydrogen) atoms. The maximum Gasteiger partial charge on any atom is 0.122 e. The molecule has 1 atom stereocenters. The Kier molecular flexibility index (Phi) is 6.58. The van der Waals surface area contributed by atoms with Crippen molar-refractivity contribution in [1.82, 2.24) is 19.4 Å². The van der Waals surface area contributed by atoms with Gasteiger partial charge in [-0.15, -0.1) is 0 Å². The molecule has 0 spiro atoms. The van der Waals surface area contributed by atoms with Gasteiger partial charge in [0, 0.05) is 52.2 Å². The standard InChI is InChI=1S/C19H28N4O2/c1-21-8-7-20-19(21)14-23-11-9-22(10-12-23)13-18(24)16-25-15-17-5-3-2-4-6-17/h2-8,18,24H,9-16H2,1H3. The summed E-state index contributed by atoms with van der Waals surface area (Å²) in [6.45, 7) is 6.44. The van der Waals surface area contributed by atoms with Crippen molar-refractivity contribution in [1.29, 1.82) is 0 Å². The average molecular weight is 344 g/mol. The number of hydrogen-bond acceptors (Lipinski definition) is 5. The van der Waals surface area contributed by atoms with Crippen LogP contribution in [0, 0.1) is 0 Å². The molecule has 2 aromatic rings. The molecule has 0 radical (unpaired) electrons. The van der Waals surface area contributed by atoms with Crippen molar-refractivity contribution in [3.8, 4) is 0 Å². The molecule has 1 unspecified atom stereocenters. The number of imidazole rings is 1. The van der Waals surface area contributed by atoms with Gasteiger partial charge in [0.05, 0.1) is 25.9 Å². The van der Waals surface area contributed by atoms with Crippen molar-refractivity contribution in [3.05, 3.63) is 54.1 Å². The molecule has 0 amide bonds. The molecule has 1 aromatic carbocycles. The zero-order valence-electron chi connectivity index (χ0n) is 14.9. The van der Waals surface area contributed by atoms with Crippen LogP contribution in [0.3, 0.4) is 0 Å². The van der Waals surface area contributed by atoms with Crippen molar-refractivity contribution in [2.24, 2.45) is 7.05 Å². The van der Waals surface area contributed by atoms with Crippen LogP contribution < -0.4 is 0 Å². The number of aromatic nitrogens is 2. The van der Waals surface area contributed by atoms with E-state index in [-0.39, 0.29) is 0 Å². The molecule has 2 heterocycles. The summed E-state index contributed by atoms with van der Waals surface area (Å²) < 4.78 is 7.70. The first kappa shape index (κ1) is 18.1. The lowest BCUT2D eigenvalue weighted by atomic mass is 10.2. The van der Waals surface area contributed by atoms with E-state index >= 15 is 0 Å². The van der Waals surface area contributed by atoms with E-state index in [0.717, 1.165) is 44.1 Å². The van der Waals surface area contributed by atoms with Crippen LogP contribution in [0.25, 0.3) is 0 Å². The topological polar surface area (TPSA) is 53.8 Å². The predicted octanol–water partition coefficient (Wildman–Crippen LogP) is 1.12. The van der Waals surface area contributed by atoms with Crippen molar-refractivity contribution < 1.29 is 9.84 Å². The Morgan fingerprint density at radius 3 is 2.52 bits per heavy atom. The zero-order valence-corrected chi connectivity index (χ0v) is 14.9. The number of aliphatic hydroxyl groups is 1. The summed E-state index contributed by atoms with van der Waals surface area (Å²) in [6.07, 6.45) is 3.39. The molecule has 1 saturated heterocycles. The van der Waals surface area contributed by atoms with E-state index in [1.807, 2.05) is 49.8 Å². The highest BCUT2D eigenvalue weighted by Crippen LogP contribution is 2.08. The third-order valence-electron chi connectivity index (χ3n) is 4.64. The number of piperazine rings is 1. The molecule has 3 rings (SSSR count). The first-order valence-corrected chi connectivity index (χ1v) is 8.91. The highest BCUT2D eigenvalue weighted by atomic mass is 16.5. The maximum absolute atomic E-state index is 10.2. The number of β-amino-alcohol motifs (C(OH)–C–C–N with tert-alkyl or cyclic N) is 1. The molecule has 1 fully saturated rings. The predicted molar refractivity (Wildman–Crippen MR) is 97.0 cm³/mol. The van der Waals surface area contributed by atoms with Gasteiger partial charge in [-0.25, -0.2) is 4.98 Å². The summed E-state index contributed by atoms with van der Waals surface area (Å²) in [5.41, 5.74) is 1.14. The van der Waals surface area contributed by atoms with Crippen LogP contribution in [0.15, 0.2) is 42.7 Å². The van der Waals surface area contributed by atoms with Crippen LogP contribution in [-0.4, -0.2) is 69.9 Å². The van der Waals surface area contributed by atoms with E-state index in [2.05, 4.69) is 19.4 Å². The summed E-state index contributed by atoms with van der Waals surface area (Å²) in [5.74, 6) is 1.10. The van der Waals surface area contributed by atoms with Gasteiger partial charge in [0.2, 0.25) is 0 Å². The second kappa shape index (κ2) is 9.10. The first-order valence-electron chi connectivity index (χ1n) is 8.91. The van der Waals surface area contributed by atoms with E-state index in [4.69, 9.17) is 4.74 Å². The molecule has 6 nitrogen and oxygen atoms in total. The minimum atomic E-state index is -0.440. The summed E-state index contributed by atoms with van der Waals surface area (Å²) in [7, 11) is 2.03. The fourth-order valence-corrected chi connectivity index (χ4v) is 3.12. The number of ether oxygens (including phenoxy) is 1. The van der Waals surface area contributed by atoms with E-state index in [1.165, 1.54) is 0 Å². The molecule has 6 heteroatoms.